The molecule has 1 unspecified atom stereocenters. The van der Waals surface area contributed by atoms with Gasteiger partial charge in [0.2, 0.25) is 5.89 Å². The van der Waals surface area contributed by atoms with Gasteiger partial charge < -0.3 is 20.2 Å². The molecule has 0 saturated carbocycles. The molecular formula is C13H18N4O2. The average molecular weight is 262 g/mol. The first-order chi connectivity index (χ1) is 9.19. The van der Waals surface area contributed by atoms with Crippen molar-refractivity contribution in [2.75, 3.05) is 11.9 Å². The second kappa shape index (κ2) is 6.19. The standard InChI is InChI=1S/C13H18N4O2/c1-3-8-18-11-6-4-10(5-7-11)15-13-17-16-12(19-13)9(2)14/h4-7,9H,3,8,14H2,1-2H3,(H,15,17). The molecule has 19 heavy (non-hydrogen) atoms. The zero-order valence-corrected chi connectivity index (χ0v) is 11.1. The minimum absolute atomic E-state index is 0.270. The molecule has 3 N–H and O–H groups in total. The summed E-state index contributed by atoms with van der Waals surface area (Å²) in [5.74, 6) is 1.25. The molecule has 6 heteroatoms. The third-order valence-electron chi connectivity index (χ3n) is 2.41. The minimum Gasteiger partial charge on any atom is -0.494 e. The number of ether oxygens (including phenoxy) is 1. The van der Waals surface area contributed by atoms with Crippen LogP contribution in [0.2, 0.25) is 0 Å². The lowest BCUT2D eigenvalue weighted by Gasteiger charge is -2.05. The summed E-state index contributed by atoms with van der Waals surface area (Å²) in [6, 6.07) is 7.62. The first kappa shape index (κ1) is 13.4. The Kier molecular flexibility index (Phi) is 4.35. The van der Waals surface area contributed by atoms with E-state index in [0.29, 0.717) is 18.5 Å². The number of anilines is 2. The maximum absolute atomic E-state index is 5.65. The SMILES string of the molecule is CCCOc1ccc(Nc2nnc(C(C)N)o2)cc1. The van der Waals surface area contributed by atoms with E-state index in [1.807, 2.05) is 24.3 Å². The van der Waals surface area contributed by atoms with Gasteiger partial charge in [0.05, 0.1) is 12.6 Å². The number of nitrogens with one attached hydrogen (secondary N) is 1. The summed E-state index contributed by atoms with van der Waals surface area (Å²) in [6.07, 6.45) is 0.988. The molecule has 0 bridgehead atoms. The van der Waals surface area contributed by atoms with Crippen molar-refractivity contribution in [2.24, 2.45) is 5.73 Å². The zero-order chi connectivity index (χ0) is 13.7. The van der Waals surface area contributed by atoms with Gasteiger partial charge in [-0.15, -0.1) is 5.10 Å². The molecule has 0 aliphatic heterocycles. The van der Waals surface area contributed by atoms with Crippen molar-refractivity contribution in [1.29, 1.82) is 0 Å². The summed E-state index contributed by atoms with van der Waals surface area (Å²) in [5.41, 5.74) is 6.50. The normalized spacial score (nSPS) is 12.2. The lowest BCUT2D eigenvalue weighted by atomic mass is 10.3. The van der Waals surface area contributed by atoms with Crippen LogP contribution in [-0.2, 0) is 0 Å². The highest BCUT2D eigenvalue weighted by Crippen LogP contribution is 2.20. The summed E-state index contributed by atoms with van der Waals surface area (Å²) in [7, 11) is 0. The number of hydrogen-bond donors (Lipinski definition) is 2. The highest BCUT2D eigenvalue weighted by atomic mass is 16.5. The maximum atomic E-state index is 5.65. The van der Waals surface area contributed by atoms with Crippen molar-refractivity contribution >= 4 is 11.7 Å². The van der Waals surface area contributed by atoms with E-state index < -0.39 is 0 Å². The van der Waals surface area contributed by atoms with Gasteiger partial charge in [-0.25, -0.2) is 0 Å². The lowest BCUT2D eigenvalue weighted by molar-refractivity contribution is 0.317. The molecule has 2 aromatic rings. The van der Waals surface area contributed by atoms with Crippen LogP contribution in [0.3, 0.4) is 0 Å². The number of nitrogens with zero attached hydrogens (tertiary/aromatic N) is 2. The quantitative estimate of drug-likeness (QED) is 0.832. The van der Waals surface area contributed by atoms with Crippen LogP contribution in [0.4, 0.5) is 11.7 Å². The summed E-state index contributed by atoms with van der Waals surface area (Å²) >= 11 is 0. The average Bonchev–Trinajstić information content (AvgIpc) is 2.87. The summed E-state index contributed by atoms with van der Waals surface area (Å²) in [5, 5.41) is 10.7. The molecule has 0 spiro atoms. The third kappa shape index (κ3) is 3.69. The number of hydrogen-bond acceptors (Lipinski definition) is 6. The van der Waals surface area contributed by atoms with E-state index in [1.54, 1.807) is 6.92 Å². The topological polar surface area (TPSA) is 86.2 Å². The van der Waals surface area contributed by atoms with Crippen molar-refractivity contribution in [3.63, 3.8) is 0 Å². The van der Waals surface area contributed by atoms with Crippen molar-refractivity contribution in [2.45, 2.75) is 26.3 Å². The lowest BCUT2D eigenvalue weighted by Crippen LogP contribution is -2.04. The first-order valence-corrected chi connectivity index (χ1v) is 6.28. The van der Waals surface area contributed by atoms with Crippen molar-refractivity contribution < 1.29 is 9.15 Å². The Morgan fingerprint density at radius 3 is 2.63 bits per heavy atom. The van der Waals surface area contributed by atoms with Gasteiger partial charge in [-0.2, -0.15) is 0 Å². The second-order valence-corrected chi connectivity index (χ2v) is 4.23. The number of benzene rings is 1. The highest BCUT2D eigenvalue weighted by molar-refractivity contribution is 5.53. The molecule has 0 aliphatic carbocycles. The largest absolute Gasteiger partial charge is 0.494 e. The molecule has 0 radical (unpaired) electrons. The maximum Gasteiger partial charge on any atom is 0.320 e. The van der Waals surface area contributed by atoms with Crippen LogP contribution in [0.15, 0.2) is 28.7 Å². The molecule has 2 rings (SSSR count). The molecule has 0 fully saturated rings. The van der Waals surface area contributed by atoms with Gasteiger partial charge in [-0.3, -0.25) is 0 Å². The Morgan fingerprint density at radius 1 is 1.32 bits per heavy atom. The molecule has 0 aliphatic rings. The van der Waals surface area contributed by atoms with E-state index in [1.165, 1.54) is 0 Å². The first-order valence-electron chi connectivity index (χ1n) is 6.28. The highest BCUT2D eigenvalue weighted by Gasteiger charge is 2.09. The van der Waals surface area contributed by atoms with Crippen molar-refractivity contribution in [3.05, 3.63) is 30.2 Å². The van der Waals surface area contributed by atoms with Gasteiger partial charge in [0, 0.05) is 5.69 Å². The van der Waals surface area contributed by atoms with Crippen LogP contribution in [0.25, 0.3) is 0 Å². The van der Waals surface area contributed by atoms with Gasteiger partial charge >= 0.3 is 6.01 Å². The van der Waals surface area contributed by atoms with E-state index >= 15 is 0 Å². The van der Waals surface area contributed by atoms with Gasteiger partial charge in [0.15, 0.2) is 0 Å². The van der Waals surface area contributed by atoms with Crippen LogP contribution in [-0.4, -0.2) is 16.8 Å². The van der Waals surface area contributed by atoms with Gasteiger partial charge in [0.1, 0.15) is 5.75 Å². The smallest absolute Gasteiger partial charge is 0.320 e. The summed E-state index contributed by atoms with van der Waals surface area (Å²) < 4.78 is 10.9. The molecule has 1 aromatic heterocycles. The molecule has 102 valence electrons. The number of nitrogens with two attached hydrogens (primary N) is 1. The fourth-order valence-corrected chi connectivity index (χ4v) is 1.45. The third-order valence-corrected chi connectivity index (χ3v) is 2.41. The Bertz CT molecular complexity index is 508. The fourth-order valence-electron chi connectivity index (χ4n) is 1.45. The van der Waals surface area contributed by atoms with E-state index in [4.69, 9.17) is 14.9 Å². The van der Waals surface area contributed by atoms with E-state index in [9.17, 15) is 0 Å². The second-order valence-electron chi connectivity index (χ2n) is 4.23. The fraction of sp³-hybridized carbons (Fsp3) is 0.385. The Hall–Kier alpha value is -2.08. The predicted molar refractivity (Wildman–Crippen MR) is 72.4 cm³/mol. The molecule has 1 atom stereocenters. The van der Waals surface area contributed by atoms with E-state index in [2.05, 4.69) is 22.4 Å². The molecule has 0 amide bonds. The molecule has 6 nitrogen and oxygen atoms in total. The van der Waals surface area contributed by atoms with Gasteiger partial charge in [-0.1, -0.05) is 12.0 Å². The Balaban J connectivity index is 1.98. The number of aromatic nitrogens is 2. The van der Waals surface area contributed by atoms with Gasteiger partial charge in [-0.05, 0) is 37.6 Å². The molecular weight excluding hydrogens is 244 g/mol. The molecule has 1 heterocycles. The van der Waals surface area contributed by atoms with Crippen LogP contribution >= 0.6 is 0 Å². The molecule has 0 saturated heterocycles. The zero-order valence-electron chi connectivity index (χ0n) is 11.1. The van der Waals surface area contributed by atoms with Crippen molar-refractivity contribution in [1.82, 2.24) is 10.2 Å². The predicted octanol–water partition coefficient (Wildman–Crippen LogP) is 2.62. The van der Waals surface area contributed by atoms with Crippen LogP contribution in [0.1, 0.15) is 32.2 Å². The van der Waals surface area contributed by atoms with Crippen LogP contribution < -0.4 is 15.8 Å². The van der Waals surface area contributed by atoms with E-state index in [0.717, 1.165) is 17.9 Å². The van der Waals surface area contributed by atoms with Crippen LogP contribution in [0.5, 0.6) is 5.75 Å². The minimum atomic E-state index is -0.270. The number of rotatable bonds is 6. The summed E-state index contributed by atoms with van der Waals surface area (Å²) in [6.45, 7) is 4.58. The Morgan fingerprint density at radius 2 is 2.05 bits per heavy atom. The summed E-state index contributed by atoms with van der Waals surface area (Å²) in [4.78, 5) is 0. The van der Waals surface area contributed by atoms with Crippen molar-refractivity contribution in [3.8, 4) is 5.75 Å². The van der Waals surface area contributed by atoms with Gasteiger partial charge in [0.25, 0.3) is 0 Å². The monoisotopic (exact) mass is 262 g/mol. The Labute approximate surface area is 112 Å². The van der Waals surface area contributed by atoms with Crippen LogP contribution in [0, 0.1) is 0 Å². The van der Waals surface area contributed by atoms with E-state index in [-0.39, 0.29) is 6.04 Å². The molecule has 1 aromatic carbocycles.